The van der Waals surface area contributed by atoms with E-state index in [1.807, 2.05) is 0 Å². The summed E-state index contributed by atoms with van der Waals surface area (Å²) in [6.45, 7) is 2.22. The molecule has 1 amide bonds. The van der Waals surface area contributed by atoms with Crippen LogP contribution in [-0.2, 0) is 4.79 Å². The first-order valence-corrected chi connectivity index (χ1v) is 7.23. The number of hydrogen-bond donors (Lipinski definition) is 2. The van der Waals surface area contributed by atoms with E-state index in [0.29, 0.717) is 17.8 Å². The van der Waals surface area contributed by atoms with Crippen molar-refractivity contribution in [2.24, 2.45) is 0 Å². The zero-order chi connectivity index (χ0) is 13.9. The first kappa shape index (κ1) is 15.5. The lowest BCUT2D eigenvalue weighted by Crippen LogP contribution is -2.12. The Balaban J connectivity index is 2.10. The van der Waals surface area contributed by atoms with E-state index in [4.69, 9.17) is 5.73 Å². The van der Waals surface area contributed by atoms with Crippen molar-refractivity contribution in [1.29, 1.82) is 0 Å². The van der Waals surface area contributed by atoms with Gasteiger partial charge in [-0.3, -0.25) is 9.78 Å². The zero-order valence-corrected chi connectivity index (χ0v) is 11.8. The molecule has 0 aliphatic rings. The quantitative estimate of drug-likeness (QED) is 0.667. The summed E-state index contributed by atoms with van der Waals surface area (Å²) in [7, 11) is 0. The minimum Gasteiger partial charge on any atom is -0.396 e. The first-order valence-electron chi connectivity index (χ1n) is 7.23. The van der Waals surface area contributed by atoms with Crippen molar-refractivity contribution >= 4 is 17.3 Å². The van der Waals surface area contributed by atoms with E-state index in [1.165, 1.54) is 32.1 Å². The number of hydrogen-bond acceptors (Lipinski definition) is 3. The van der Waals surface area contributed by atoms with E-state index in [2.05, 4.69) is 17.2 Å². The highest BCUT2D eigenvalue weighted by atomic mass is 16.1. The van der Waals surface area contributed by atoms with E-state index in [9.17, 15) is 4.79 Å². The topological polar surface area (TPSA) is 68.0 Å². The van der Waals surface area contributed by atoms with Crippen molar-refractivity contribution in [3.63, 3.8) is 0 Å². The second-order valence-electron chi connectivity index (χ2n) is 4.88. The molecule has 19 heavy (non-hydrogen) atoms. The SMILES string of the molecule is CCCCCCCCCC(=O)Nc1ccncc1N. The number of nitrogens with two attached hydrogens (primary N) is 1. The molecule has 0 fully saturated rings. The molecule has 0 saturated carbocycles. The molecule has 0 radical (unpaired) electrons. The van der Waals surface area contributed by atoms with E-state index < -0.39 is 0 Å². The van der Waals surface area contributed by atoms with Crippen LogP contribution in [0.2, 0.25) is 0 Å². The molecule has 0 unspecified atom stereocenters. The number of carbonyl (C=O) groups excluding carboxylic acids is 1. The second-order valence-corrected chi connectivity index (χ2v) is 4.88. The molecule has 0 aromatic carbocycles. The van der Waals surface area contributed by atoms with Crippen LogP contribution in [0, 0.1) is 0 Å². The Kier molecular flexibility index (Phi) is 7.63. The number of rotatable bonds is 9. The Morgan fingerprint density at radius 2 is 1.89 bits per heavy atom. The smallest absolute Gasteiger partial charge is 0.224 e. The van der Waals surface area contributed by atoms with E-state index >= 15 is 0 Å². The molecule has 4 heteroatoms. The Morgan fingerprint density at radius 3 is 2.58 bits per heavy atom. The summed E-state index contributed by atoms with van der Waals surface area (Å²) in [6, 6.07) is 1.72. The normalized spacial score (nSPS) is 10.4. The van der Waals surface area contributed by atoms with Crippen LogP contribution in [-0.4, -0.2) is 10.9 Å². The number of pyridine rings is 1. The number of nitrogens with one attached hydrogen (secondary N) is 1. The van der Waals surface area contributed by atoms with Crippen LogP contribution in [0.3, 0.4) is 0 Å². The first-order chi connectivity index (χ1) is 9.24. The van der Waals surface area contributed by atoms with Crippen LogP contribution in [0.15, 0.2) is 18.5 Å². The van der Waals surface area contributed by atoms with Gasteiger partial charge in [-0.2, -0.15) is 0 Å². The van der Waals surface area contributed by atoms with Gasteiger partial charge in [-0.15, -0.1) is 0 Å². The molecule has 4 nitrogen and oxygen atoms in total. The Hall–Kier alpha value is -1.58. The van der Waals surface area contributed by atoms with Crippen molar-refractivity contribution in [2.75, 3.05) is 11.1 Å². The maximum Gasteiger partial charge on any atom is 0.224 e. The minimum atomic E-state index is 0.0338. The van der Waals surface area contributed by atoms with Gasteiger partial charge in [-0.1, -0.05) is 45.4 Å². The number of carbonyl (C=O) groups is 1. The molecule has 1 aromatic heterocycles. The average molecular weight is 263 g/mol. The predicted octanol–water partition coefficient (Wildman–Crippen LogP) is 3.74. The van der Waals surface area contributed by atoms with Gasteiger partial charge >= 0.3 is 0 Å². The summed E-state index contributed by atoms with van der Waals surface area (Å²) in [5.41, 5.74) is 6.88. The molecule has 106 valence electrons. The molecule has 0 aliphatic carbocycles. The van der Waals surface area contributed by atoms with E-state index in [-0.39, 0.29) is 5.91 Å². The Labute approximate surface area is 115 Å². The largest absolute Gasteiger partial charge is 0.396 e. The van der Waals surface area contributed by atoms with Gasteiger partial charge in [0, 0.05) is 12.6 Å². The van der Waals surface area contributed by atoms with Crippen LogP contribution >= 0.6 is 0 Å². The molecule has 1 rings (SSSR count). The van der Waals surface area contributed by atoms with Crippen molar-refractivity contribution in [3.8, 4) is 0 Å². The zero-order valence-electron chi connectivity index (χ0n) is 11.8. The molecule has 1 aromatic rings. The summed E-state index contributed by atoms with van der Waals surface area (Å²) in [5.74, 6) is 0.0338. The molecule has 0 aliphatic heterocycles. The highest BCUT2D eigenvalue weighted by Crippen LogP contribution is 2.16. The van der Waals surface area contributed by atoms with E-state index in [1.54, 1.807) is 18.5 Å². The van der Waals surface area contributed by atoms with Gasteiger partial charge in [0.2, 0.25) is 5.91 Å². The fourth-order valence-corrected chi connectivity index (χ4v) is 1.98. The molecule has 0 atom stereocenters. The van der Waals surface area contributed by atoms with Crippen molar-refractivity contribution in [2.45, 2.75) is 58.3 Å². The third kappa shape index (κ3) is 6.79. The standard InChI is InChI=1S/C15H25N3O/c1-2-3-4-5-6-7-8-9-15(19)18-14-10-11-17-12-13(14)16/h10-12H,2-9,16H2,1H3,(H,17,18,19). The average Bonchev–Trinajstić information content (AvgIpc) is 2.40. The number of anilines is 2. The van der Waals surface area contributed by atoms with Gasteiger partial charge in [0.15, 0.2) is 0 Å². The van der Waals surface area contributed by atoms with Gasteiger partial charge < -0.3 is 11.1 Å². The maximum absolute atomic E-state index is 11.7. The van der Waals surface area contributed by atoms with Gasteiger partial charge in [0.05, 0.1) is 17.6 Å². The van der Waals surface area contributed by atoms with Gasteiger partial charge in [-0.05, 0) is 12.5 Å². The lowest BCUT2D eigenvalue weighted by molar-refractivity contribution is -0.116. The molecule has 0 saturated heterocycles. The second kappa shape index (κ2) is 9.36. The minimum absolute atomic E-state index is 0.0338. The van der Waals surface area contributed by atoms with Crippen LogP contribution in [0.25, 0.3) is 0 Å². The third-order valence-electron chi connectivity index (χ3n) is 3.13. The fourth-order valence-electron chi connectivity index (χ4n) is 1.98. The number of unbranched alkanes of at least 4 members (excludes halogenated alkanes) is 6. The highest BCUT2D eigenvalue weighted by Gasteiger charge is 2.04. The summed E-state index contributed by atoms with van der Waals surface area (Å²) in [4.78, 5) is 15.6. The molecule has 1 heterocycles. The number of nitrogens with zero attached hydrogens (tertiary/aromatic N) is 1. The van der Waals surface area contributed by atoms with E-state index in [0.717, 1.165) is 12.8 Å². The Bertz CT molecular complexity index is 379. The van der Waals surface area contributed by atoms with Crippen molar-refractivity contribution in [3.05, 3.63) is 18.5 Å². The molecule has 3 N–H and O–H groups in total. The predicted molar refractivity (Wildman–Crippen MR) is 79.9 cm³/mol. The summed E-state index contributed by atoms with van der Waals surface area (Å²) >= 11 is 0. The lowest BCUT2D eigenvalue weighted by Gasteiger charge is -2.07. The number of amides is 1. The van der Waals surface area contributed by atoms with Crippen LogP contribution < -0.4 is 11.1 Å². The van der Waals surface area contributed by atoms with Crippen LogP contribution in [0.5, 0.6) is 0 Å². The third-order valence-corrected chi connectivity index (χ3v) is 3.13. The number of nitrogen functional groups attached to an aromatic ring is 1. The van der Waals surface area contributed by atoms with Crippen molar-refractivity contribution in [1.82, 2.24) is 4.98 Å². The molecular weight excluding hydrogens is 238 g/mol. The highest BCUT2D eigenvalue weighted by molar-refractivity contribution is 5.93. The maximum atomic E-state index is 11.7. The summed E-state index contributed by atoms with van der Waals surface area (Å²) in [5, 5.41) is 2.82. The van der Waals surface area contributed by atoms with Crippen molar-refractivity contribution < 1.29 is 4.79 Å². The summed E-state index contributed by atoms with van der Waals surface area (Å²) in [6.07, 6.45) is 12.2. The van der Waals surface area contributed by atoms with Gasteiger partial charge in [0.1, 0.15) is 0 Å². The van der Waals surface area contributed by atoms with Crippen LogP contribution in [0.1, 0.15) is 58.3 Å². The number of aromatic nitrogens is 1. The van der Waals surface area contributed by atoms with Crippen LogP contribution in [0.4, 0.5) is 11.4 Å². The van der Waals surface area contributed by atoms with Gasteiger partial charge in [-0.25, -0.2) is 0 Å². The molecular formula is C15H25N3O. The van der Waals surface area contributed by atoms with Gasteiger partial charge in [0.25, 0.3) is 0 Å². The lowest BCUT2D eigenvalue weighted by atomic mass is 10.1. The monoisotopic (exact) mass is 263 g/mol. The molecule has 0 spiro atoms. The Morgan fingerprint density at radius 1 is 1.21 bits per heavy atom. The summed E-state index contributed by atoms with van der Waals surface area (Å²) < 4.78 is 0. The molecule has 0 bridgehead atoms. The fraction of sp³-hybridized carbons (Fsp3) is 0.600.